The molecule has 2 aliphatic rings. The maximum Gasteiger partial charge on any atom is 0.421 e. The number of hydrogen-bond acceptors (Lipinski definition) is 9. The number of rotatable bonds is 5. The Morgan fingerprint density at radius 2 is 2.14 bits per heavy atom. The van der Waals surface area contributed by atoms with Gasteiger partial charge < -0.3 is 24.1 Å². The number of fused-ring (bicyclic) bond motifs is 1. The largest absolute Gasteiger partial charge is 0.481 e. The van der Waals surface area contributed by atoms with Crippen molar-refractivity contribution in [3.63, 3.8) is 0 Å². The van der Waals surface area contributed by atoms with Crippen molar-refractivity contribution in [1.29, 1.82) is 0 Å². The fourth-order valence-electron chi connectivity index (χ4n) is 4.22. The molecule has 184 valence electrons. The van der Waals surface area contributed by atoms with Crippen LogP contribution in [0.3, 0.4) is 0 Å². The summed E-state index contributed by atoms with van der Waals surface area (Å²) in [5.41, 5.74) is 0.917. The Balaban J connectivity index is 1.42. The van der Waals surface area contributed by atoms with Crippen molar-refractivity contribution in [2.24, 2.45) is 0 Å². The van der Waals surface area contributed by atoms with Gasteiger partial charge in [0.05, 0.1) is 25.6 Å². The molecule has 1 fully saturated rings. The summed E-state index contributed by atoms with van der Waals surface area (Å²) < 4.78 is 56.7. The lowest BCUT2D eigenvalue weighted by molar-refractivity contribution is -0.139. The maximum absolute atomic E-state index is 13.6. The highest BCUT2D eigenvalue weighted by Gasteiger charge is 2.37. The van der Waals surface area contributed by atoms with Gasteiger partial charge in [0.1, 0.15) is 18.1 Å². The van der Waals surface area contributed by atoms with E-state index in [0.717, 1.165) is 13.2 Å². The van der Waals surface area contributed by atoms with Crippen LogP contribution in [0.25, 0.3) is 11.3 Å². The molecule has 13 heteroatoms. The van der Waals surface area contributed by atoms with Crippen molar-refractivity contribution in [2.75, 3.05) is 32.2 Å². The number of hydrogen-bond donors (Lipinski definition) is 2. The van der Waals surface area contributed by atoms with Crippen molar-refractivity contribution in [1.82, 2.24) is 25.2 Å². The van der Waals surface area contributed by atoms with Crippen molar-refractivity contribution >= 4 is 11.6 Å². The molecule has 2 N–H and O–H groups in total. The number of carbonyl (C=O) groups excluding carboxylic acids is 1. The van der Waals surface area contributed by atoms with E-state index >= 15 is 0 Å². The summed E-state index contributed by atoms with van der Waals surface area (Å²) in [5.74, 6) is -0.771. The van der Waals surface area contributed by atoms with Crippen LogP contribution in [0.1, 0.15) is 34.3 Å². The number of amides is 1. The zero-order valence-corrected chi connectivity index (χ0v) is 18.5. The Hall–Kier alpha value is -3.71. The van der Waals surface area contributed by atoms with Gasteiger partial charge in [-0.05, 0) is 18.6 Å². The molecule has 2 atom stereocenters. The number of nitrogens with zero attached hydrogens (tertiary/aromatic N) is 4. The quantitative estimate of drug-likeness (QED) is 0.557. The third-order valence-electron chi connectivity index (χ3n) is 5.85. The van der Waals surface area contributed by atoms with Gasteiger partial charge in [0.15, 0.2) is 12.1 Å². The molecular weight excluding hydrogens is 469 g/mol. The third kappa shape index (κ3) is 4.51. The Morgan fingerprint density at radius 3 is 2.89 bits per heavy atom. The fourth-order valence-corrected chi connectivity index (χ4v) is 4.22. The number of pyridine rings is 2. The Bertz CT molecular complexity index is 1220. The molecule has 10 nitrogen and oxygen atoms in total. The second kappa shape index (κ2) is 9.15. The Kier molecular flexibility index (Phi) is 6.03. The molecule has 0 aliphatic carbocycles. The van der Waals surface area contributed by atoms with E-state index < -0.39 is 23.8 Å². The minimum Gasteiger partial charge on any atom is -0.481 e. The van der Waals surface area contributed by atoms with Crippen LogP contribution in [-0.2, 0) is 10.9 Å². The first-order valence-corrected chi connectivity index (χ1v) is 10.8. The average Bonchev–Trinajstić information content (AvgIpc) is 3.55. The van der Waals surface area contributed by atoms with Gasteiger partial charge >= 0.3 is 6.18 Å². The summed E-state index contributed by atoms with van der Waals surface area (Å²) in [6, 6.07) is 2.70. The molecule has 5 heterocycles. The first kappa shape index (κ1) is 23.1. The van der Waals surface area contributed by atoms with E-state index in [1.165, 1.54) is 25.1 Å². The van der Waals surface area contributed by atoms with E-state index in [4.69, 9.17) is 13.9 Å². The number of carbonyl (C=O) groups is 1. The van der Waals surface area contributed by atoms with Crippen LogP contribution in [-0.4, -0.2) is 58.7 Å². The van der Waals surface area contributed by atoms with Crippen LogP contribution < -0.4 is 15.4 Å². The predicted molar refractivity (Wildman–Crippen MR) is 115 cm³/mol. The van der Waals surface area contributed by atoms with Gasteiger partial charge in [-0.3, -0.25) is 15.1 Å². The molecule has 3 aromatic rings. The number of anilines is 1. The predicted octanol–water partition coefficient (Wildman–Crippen LogP) is 3.06. The van der Waals surface area contributed by atoms with Crippen molar-refractivity contribution in [3.8, 4) is 17.1 Å². The molecule has 0 radical (unpaired) electrons. The summed E-state index contributed by atoms with van der Waals surface area (Å²) in [5, 5.41) is 6.34. The summed E-state index contributed by atoms with van der Waals surface area (Å²) in [6.45, 7) is 1.19. The molecule has 0 saturated carbocycles. The van der Waals surface area contributed by atoms with Crippen molar-refractivity contribution < 1.29 is 31.9 Å². The van der Waals surface area contributed by atoms with Crippen molar-refractivity contribution in [3.05, 3.63) is 54.0 Å². The molecule has 35 heavy (non-hydrogen) atoms. The van der Waals surface area contributed by atoms with E-state index in [2.05, 4.69) is 25.6 Å². The number of ether oxygens (including phenoxy) is 2. The van der Waals surface area contributed by atoms with Crippen LogP contribution >= 0.6 is 0 Å². The molecule has 1 saturated heterocycles. The minimum atomic E-state index is -4.65. The maximum atomic E-state index is 13.6. The Labute approximate surface area is 197 Å². The average molecular weight is 490 g/mol. The van der Waals surface area contributed by atoms with Crippen LogP contribution in [0, 0.1) is 0 Å². The van der Waals surface area contributed by atoms with E-state index in [1.807, 2.05) is 0 Å². The van der Waals surface area contributed by atoms with Crippen LogP contribution in [0.4, 0.5) is 18.9 Å². The lowest BCUT2D eigenvalue weighted by Crippen LogP contribution is -2.38. The van der Waals surface area contributed by atoms with Gasteiger partial charge in [-0.25, -0.2) is 9.97 Å². The molecule has 0 spiro atoms. The van der Waals surface area contributed by atoms with Gasteiger partial charge in [0.2, 0.25) is 5.88 Å². The molecule has 2 aliphatic heterocycles. The Morgan fingerprint density at radius 1 is 1.29 bits per heavy atom. The smallest absolute Gasteiger partial charge is 0.421 e. The van der Waals surface area contributed by atoms with Crippen LogP contribution in [0.5, 0.6) is 5.88 Å². The molecule has 0 bridgehead atoms. The summed E-state index contributed by atoms with van der Waals surface area (Å²) in [7, 11) is 1.13. The zero-order chi connectivity index (χ0) is 24.6. The summed E-state index contributed by atoms with van der Waals surface area (Å²) >= 11 is 0. The van der Waals surface area contributed by atoms with E-state index in [9.17, 15) is 18.0 Å². The lowest BCUT2D eigenvalue weighted by Gasteiger charge is -2.31. The number of alkyl halides is 3. The standard InChI is InChI=1S/C22H21F3N6O4/c1-33-19-14(22(23,24)25)6-12(7-27-19)18-17-15(2-4-26-18)28-10-29-20(17)35-13-3-5-31(8-13)21(32)16-9-34-11-30-16/h2,4,6-7,9,11,13,20,28-29H,3,5,8,10H2,1H3. The SMILES string of the molecule is COc1ncc(-c2nccc3c2C(OC2CCN(C(=O)c4cocn4)C2)NCN3)cc1C(F)(F)F. The summed E-state index contributed by atoms with van der Waals surface area (Å²) in [4.78, 5) is 26.3. The zero-order valence-electron chi connectivity index (χ0n) is 18.5. The number of likely N-dealkylation sites (tertiary alicyclic amines) is 1. The topological polar surface area (TPSA) is 115 Å². The summed E-state index contributed by atoms with van der Waals surface area (Å²) in [6.07, 6.45) is 0.241. The first-order valence-electron chi connectivity index (χ1n) is 10.8. The molecule has 2 unspecified atom stereocenters. The fraction of sp³-hybridized carbons (Fsp3) is 0.364. The van der Waals surface area contributed by atoms with E-state index in [1.54, 1.807) is 11.0 Å². The first-order chi connectivity index (χ1) is 16.8. The lowest BCUT2D eigenvalue weighted by atomic mass is 10.0. The van der Waals surface area contributed by atoms with Crippen molar-refractivity contribution in [2.45, 2.75) is 24.9 Å². The molecular formula is C22H21F3N6O4. The number of halogens is 3. The molecule has 1 amide bonds. The monoisotopic (exact) mass is 490 g/mol. The minimum absolute atomic E-state index is 0.170. The van der Waals surface area contributed by atoms with Gasteiger partial charge in [-0.15, -0.1) is 0 Å². The van der Waals surface area contributed by atoms with E-state index in [-0.39, 0.29) is 23.3 Å². The third-order valence-corrected chi connectivity index (χ3v) is 5.85. The number of methoxy groups -OCH3 is 1. The van der Waals surface area contributed by atoms with Gasteiger partial charge in [0.25, 0.3) is 5.91 Å². The van der Waals surface area contributed by atoms with Crippen LogP contribution in [0.15, 0.2) is 41.6 Å². The highest BCUT2D eigenvalue weighted by Crippen LogP contribution is 2.40. The highest BCUT2D eigenvalue weighted by atomic mass is 19.4. The number of oxazole rings is 1. The normalized spacial score (nSPS) is 19.8. The molecule has 3 aromatic heterocycles. The molecule has 5 rings (SSSR count). The second-order valence-electron chi connectivity index (χ2n) is 8.01. The second-order valence-corrected chi connectivity index (χ2v) is 8.01. The number of aromatic nitrogens is 3. The van der Waals surface area contributed by atoms with Crippen LogP contribution in [0.2, 0.25) is 0 Å². The van der Waals surface area contributed by atoms with E-state index in [0.29, 0.717) is 43.1 Å². The van der Waals surface area contributed by atoms with Gasteiger partial charge in [0, 0.05) is 42.3 Å². The number of nitrogens with one attached hydrogen (secondary N) is 2. The van der Waals surface area contributed by atoms with Gasteiger partial charge in [-0.2, -0.15) is 13.2 Å². The highest BCUT2D eigenvalue weighted by molar-refractivity contribution is 5.92. The van der Waals surface area contributed by atoms with Gasteiger partial charge in [-0.1, -0.05) is 0 Å². The molecule has 0 aromatic carbocycles.